The lowest BCUT2D eigenvalue weighted by molar-refractivity contribution is -0.313. The number of sulfonamides is 1. The van der Waals surface area contributed by atoms with E-state index in [-0.39, 0.29) is 41.8 Å². The Morgan fingerprint density at radius 1 is 1.05 bits per heavy atom. The van der Waals surface area contributed by atoms with E-state index in [9.17, 15) is 31.5 Å². The van der Waals surface area contributed by atoms with E-state index in [1.165, 1.54) is 26.2 Å². The van der Waals surface area contributed by atoms with Crippen LogP contribution in [0.1, 0.15) is 76.7 Å². The van der Waals surface area contributed by atoms with Crippen molar-refractivity contribution < 1.29 is 35.9 Å². The smallest absolute Gasteiger partial charge is 0.386 e. The Labute approximate surface area is 233 Å². The average Bonchev–Trinajstić information content (AvgIpc) is 3.18. The molecule has 0 amide bonds. The zero-order valence-electron chi connectivity index (χ0n) is 23.3. The molecule has 4 aliphatic carbocycles. The molecule has 6 unspecified atom stereocenters. The first-order valence-electron chi connectivity index (χ1n) is 14.0. The highest BCUT2D eigenvalue weighted by Crippen LogP contribution is 2.70. The van der Waals surface area contributed by atoms with Gasteiger partial charge >= 0.3 is 6.18 Å². The van der Waals surface area contributed by atoms with Gasteiger partial charge in [-0.2, -0.15) is 13.2 Å². The number of nitrogens with zero attached hydrogens (tertiary/aromatic N) is 1. The zero-order valence-corrected chi connectivity index (χ0v) is 24.1. The molecule has 1 N–H and O–H groups in total. The number of hydrogen-bond acceptors (Lipinski definition) is 4. The van der Waals surface area contributed by atoms with Gasteiger partial charge in [0.15, 0.2) is 5.78 Å². The highest BCUT2D eigenvalue weighted by Gasteiger charge is 2.76. The third-order valence-electron chi connectivity index (χ3n) is 10.5. The zero-order chi connectivity index (χ0) is 29.5. The molecular formula is C30H37F4NO4S. The lowest BCUT2D eigenvalue weighted by atomic mass is 9.49. The van der Waals surface area contributed by atoms with Gasteiger partial charge in [-0.25, -0.2) is 17.1 Å². The van der Waals surface area contributed by atoms with Crippen LogP contribution in [0, 0.1) is 17.3 Å². The quantitative estimate of drug-likeness (QED) is 0.416. The summed E-state index contributed by atoms with van der Waals surface area (Å²) in [6, 6.07) is 6.35. The van der Waals surface area contributed by atoms with Crippen molar-refractivity contribution in [3.05, 3.63) is 52.6 Å². The van der Waals surface area contributed by atoms with Crippen molar-refractivity contribution in [1.82, 2.24) is 4.31 Å². The number of allylic oxidation sites excluding steroid dienone is 4. The second kappa shape index (κ2) is 9.49. The van der Waals surface area contributed by atoms with Crippen LogP contribution in [-0.2, 0) is 14.8 Å². The van der Waals surface area contributed by atoms with Crippen LogP contribution in [0.2, 0.25) is 0 Å². The molecule has 5 rings (SSSR count). The number of ketones is 1. The molecule has 1 aromatic rings. The Hall–Kier alpha value is -2.04. The summed E-state index contributed by atoms with van der Waals surface area (Å²) in [4.78, 5) is 12.3. The molecule has 2 fully saturated rings. The molecule has 0 spiro atoms. The molecule has 0 radical (unpaired) electrons. The summed E-state index contributed by atoms with van der Waals surface area (Å²) < 4.78 is 85.6. The first kappa shape index (κ1) is 29.5. The van der Waals surface area contributed by atoms with E-state index in [0.717, 1.165) is 27.9 Å². The Morgan fingerprint density at radius 3 is 2.27 bits per heavy atom. The Morgan fingerprint density at radius 2 is 1.70 bits per heavy atom. The first-order chi connectivity index (χ1) is 18.5. The summed E-state index contributed by atoms with van der Waals surface area (Å²) in [7, 11) is -0.833. The minimum absolute atomic E-state index is 0.0545. The molecule has 220 valence electrons. The first-order valence-corrected chi connectivity index (χ1v) is 15.4. The summed E-state index contributed by atoms with van der Waals surface area (Å²) >= 11 is 0. The van der Waals surface area contributed by atoms with E-state index >= 15 is 4.39 Å². The number of halogens is 4. The number of fused-ring (bicyclic) bond motifs is 4. The third-order valence-corrected chi connectivity index (χ3v) is 12.4. The molecule has 5 nitrogen and oxygen atoms in total. The van der Waals surface area contributed by atoms with Gasteiger partial charge in [0, 0.05) is 31.8 Å². The van der Waals surface area contributed by atoms with Crippen molar-refractivity contribution in [3.63, 3.8) is 0 Å². The van der Waals surface area contributed by atoms with Gasteiger partial charge in [-0.3, -0.25) is 4.79 Å². The number of aliphatic hydroxyl groups is 1. The summed E-state index contributed by atoms with van der Waals surface area (Å²) in [5.41, 5.74) is -3.97. The number of rotatable bonds is 5. The van der Waals surface area contributed by atoms with E-state index in [1.807, 2.05) is 0 Å². The molecule has 6 atom stereocenters. The van der Waals surface area contributed by atoms with Gasteiger partial charge in [-0.05, 0) is 91.7 Å². The minimum Gasteiger partial charge on any atom is -0.386 e. The number of alkyl halides is 4. The second-order valence-corrected chi connectivity index (χ2v) is 14.6. The van der Waals surface area contributed by atoms with Gasteiger partial charge in [0.1, 0.15) is 5.60 Å². The van der Waals surface area contributed by atoms with Crippen molar-refractivity contribution >= 4 is 15.8 Å². The summed E-state index contributed by atoms with van der Waals surface area (Å²) in [5.74, 6) is -0.919. The number of carbonyl (C=O) groups excluding carboxylic acids is 1. The lowest BCUT2D eigenvalue weighted by Crippen LogP contribution is -2.67. The highest BCUT2D eigenvalue weighted by atomic mass is 32.2. The maximum Gasteiger partial charge on any atom is 0.425 e. The van der Waals surface area contributed by atoms with E-state index in [1.54, 1.807) is 25.1 Å². The van der Waals surface area contributed by atoms with Gasteiger partial charge in [0.2, 0.25) is 15.7 Å². The van der Waals surface area contributed by atoms with Crippen LogP contribution in [0.15, 0.2) is 52.0 Å². The number of hydrogen-bond donors (Lipinski definition) is 1. The third kappa shape index (κ3) is 3.99. The Balaban J connectivity index is 1.69. The van der Waals surface area contributed by atoms with Gasteiger partial charge in [0.25, 0.3) is 0 Å². The van der Waals surface area contributed by atoms with Crippen LogP contribution in [0.3, 0.4) is 0 Å². The molecule has 0 saturated heterocycles. The molecule has 0 aliphatic heterocycles. The van der Waals surface area contributed by atoms with Crippen molar-refractivity contribution in [2.75, 3.05) is 14.1 Å². The fourth-order valence-corrected chi connectivity index (χ4v) is 9.33. The second-order valence-electron chi connectivity index (χ2n) is 12.4. The summed E-state index contributed by atoms with van der Waals surface area (Å²) in [5, 5.41) is 11.9. The van der Waals surface area contributed by atoms with E-state index in [4.69, 9.17) is 0 Å². The van der Waals surface area contributed by atoms with Crippen LogP contribution < -0.4 is 0 Å². The van der Waals surface area contributed by atoms with Crippen LogP contribution in [0.5, 0.6) is 0 Å². The van der Waals surface area contributed by atoms with Crippen LogP contribution in [-0.4, -0.2) is 55.2 Å². The van der Waals surface area contributed by atoms with Crippen molar-refractivity contribution in [2.45, 2.75) is 93.5 Å². The van der Waals surface area contributed by atoms with Gasteiger partial charge in [0.05, 0.1) is 4.90 Å². The van der Waals surface area contributed by atoms with Crippen molar-refractivity contribution in [2.24, 2.45) is 17.3 Å². The summed E-state index contributed by atoms with van der Waals surface area (Å²) in [6.07, 6.45) is -2.25. The maximum atomic E-state index is 16.2. The number of carbonyl (C=O) groups is 1. The Bertz CT molecular complexity index is 1380. The van der Waals surface area contributed by atoms with E-state index in [0.29, 0.717) is 31.2 Å². The molecule has 1 aromatic carbocycles. The normalized spacial score (nSPS) is 34.2. The van der Waals surface area contributed by atoms with Crippen molar-refractivity contribution in [3.8, 4) is 0 Å². The molecule has 4 aliphatic rings. The molecule has 0 aromatic heterocycles. The highest BCUT2D eigenvalue weighted by molar-refractivity contribution is 7.89. The minimum atomic E-state index is -5.24. The molecule has 10 heteroatoms. The van der Waals surface area contributed by atoms with Gasteiger partial charge < -0.3 is 5.11 Å². The van der Waals surface area contributed by atoms with Crippen LogP contribution in [0.25, 0.3) is 0 Å². The summed E-state index contributed by atoms with van der Waals surface area (Å²) in [6.45, 7) is 2.76. The van der Waals surface area contributed by atoms with E-state index in [2.05, 4.69) is 0 Å². The monoisotopic (exact) mass is 583 g/mol. The standard InChI is InChI=1S/C30H37F4NO4S/c1-5-28(31,30(32,33)34)29(37)15-14-25-23-12-8-19-16-20(36)9-13-22(19)26(23)24(17-27(25,29)2)18-6-10-21(11-7-18)40(38,39)35(3)4/h6-7,10-11,16,23-25,37H,5,8-9,12-15,17H2,1-4H3. The van der Waals surface area contributed by atoms with Crippen LogP contribution >= 0.6 is 0 Å². The predicted octanol–water partition coefficient (Wildman–Crippen LogP) is 6.25. The van der Waals surface area contributed by atoms with Crippen molar-refractivity contribution in [1.29, 1.82) is 0 Å². The largest absolute Gasteiger partial charge is 0.425 e. The van der Waals surface area contributed by atoms with E-state index < -0.39 is 45.2 Å². The molecular weight excluding hydrogens is 546 g/mol. The SMILES string of the molecule is CCC(F)(C(F)(F)F)C1(O)CCC2C3CCC4=CC(=O)CCC4=C3C(c3ccc(S(=O)(=O)N(C)C)cc3)CC21C. The molecule has 2 saturated carbocycles. The topological polar surface area (TPSA) is 74.7 Å². The average molecular weight is 584 g/mol. The molecule has 0 bridgehead atoms. The maximum absolute atomic E-state index is 16.2. The predicted molar refractivity (Wildman–Crippen MR) is 143 cm³/mol. The fourth-order valence-electron chi connectivity index (χ4n) is 8.43. The Kier molecular flexibility index (Phi) is 6.99. The molecule has 0 heterocycles. The van der Waals surface area contributed by atoms with Crippen LogP contribution in [0.4, 0.5) is 17.6 Å². The molecule has 40 heavy (non-hydrogen) atoms. The van der Waals surface area contributed by atoms with Gasteiger partial charge in [-0.15, -0.1) is 0 Å². The lowest BCUT2D eigenvalue weighted by Gasteiger charge is -2.57. The number of benzene rings is 1. The fraction of sp³-hybridized carbons (Fsp3) is 0.633. The van der Waals surface area contributed by atoms with Gasteiger partial charge in [-0.1, -0.05) is 31.6 Å².